The van der Waals surface area contributed by atoms with E-state index >= 15 is 0 Å². The first-order valence-electron chi connectivity index (χ1n) is 5.86. The largest absolute Gasteiger partial charge is 0.252 e. The monoisotopic (exact) mass is 237 g/mol. The molecular formula is C16H12FN. The Morgan fingerprint density at radius 1 is 0.944 bits per heavy atom. The van der Waals surface area contributed by atoms with E-state index in [1.807, 2.05) is 31.2 Å². The van der Waals surface area contributed by atoms with Gasteiger partial charge in [0.05, 0.1) is 5.52 Å². The molecule has 2 aromatic carbocycles. The summed E-state index contributed by atoms with van der Waals surface area (Å²) in [6, 6.07) is 16.6. The SMILES string of the molecule is Cc1nc2ccccc2cc1-c1ccc(F)cc1. The second-order valence-electron chi connectivity index (χ2n) is 4.32. The zero-order valence-corrected chi connectivity index (χ0v) is 10.0. The number of aromatic nitrogens is 1. The van der Waals surface area contributed by atoms with Crippen molar-refractivity contribution in [1.29, 1.82) is 0 Å². The van der Waals surface area contributed by atoms with Crippen LogP contribution in [0.5, 0.6) is 0 Å². The van der Waals surface area contributed by atoms with E-state index in [0.29, 0.717) is 0 Å². The third-order valence-electron chi connectivity index (χ3n) is 3.07. The van der Waals surface area contributed by atoms with Gasteiger partial charge in [0.1, 0.15) is 5.82 Å². The van der Waals surface area contributed by atoms with Gasteiger partial charge in [-0.3, -0.25) is 4.98 Å². The topological polar surface area (TPSA) is 12.9 Å². The molecule has 0 aliphatic heterocycles. The summed E-state index contributed by atoms with van der Waals surface area (Å²) in [5.74, 6) is -0.217. The van der Waals surface area contributed by atoms with Gasteiger partial charge in [0.25, 0.3) is 0 Å². The van der Waals surface area contributed by atoms with Gasteiger partial charge in [0, 0.05) is 16.6 Å². The van der Waals surface area contributed by atoms with Crippen LogP contribution in [-0.2, 0) is 0 Å². The third-order valence-corrected chi connectivity index (χ3v) is 3.07. The lowest BCUT2D eigenvalue weighted by Crippen LogP contribution is -1.89. The summed E-state index contributed by atoms with van der Waals surface area (Å²) >= 11 is 0. The average Bonchev–Trinajstić information content (AvgIpc) is 2.39. The maximum absolute atomic E-state index is 12.9. The molecule has 88 valence electrons. The Morgan fingerprint density at radius 3 is 2.44 bits per heavy atom. The molecule has 0 fully saturated rings. The van der Waals surface area contributed by atoms with Crippen LogP contribution in [0.1, 0.15) is 5.69 Å². The minimum atomic E-state index is -0.217. The van der Waals surface area contributed by atoms with E-state index in [-0.39, 0.29) is 5.82 Å². The number of pyridine rings is 1. The normalized spacial score (nSPS) is 10.8. The number of fused-ring (bicyclic) bond motifs is 1. The van der Waals surface area contributed by atoms with Crippen molar-refractivity contribution in [3.63, 3.8) is 0 Å². The molecule has 18 heavy (non-hydrogen) atoms. The molecule has 0 radical (unpaired) electrons. The lowest BCUT2D eigenvalue weighted by molar-refractivity contribution is 0.628. The highest BCUT2D eigenvalue weighted by molar-refractivity contribution is 5.84. The van der Waals surface area contributed by atoms with Crippen LogP contribution >= 0.6 is 0 Å². The smallest absolute Gasteiger partial charge is 0.123 e. The van der Waals surface area contributed by atoms with Crippen LogP contribution in [0.2, 0.25) is 0 Å². The van der Waals surface area contributed by atoms with E-state index in [9.17, 15) is 4.39 Å². The third kappa shape index (κ3) is 1.86. The number of halogens is 1. The Morgan fingerprint density at radius 2 is 1.67 bits per heavy atom. The van der Waals surface area contributed by atoms with Gasteiger partial charge < -0.3 is 0 Å². The van der Waals surface area contributed by atoms with E-state index in [0.717, 1.165) is 27.7 Å². The quantitative estimate of drug-likeness (QED) is 0.613. The molecule has 3 aromatic rings. The Balaban J connectivity index is 2.22. The van der Waals surface area contributed by atoms with Crippen LogP contribution in [0, 0.1) is 12.7 Å². The first-order valence-corrected chi connectivity index (χ1v) is 5.86. The molecule has 1 heterocycles. The number of hydrogen-bond acceptors (Lipinski definition) is 1. The second kappa shape index (κ2) is 4.22. The Bertz CT molecular complexity index is 702. The van der Waals surface area contributed by atoms with Crippen LogP contribution < -0.4 is 0 Å². The van der Waals surface area contributed by atoms with Crippen molar-refractivity contribution in [2.75, 3.05) is 0 Å². The summed E-state index contributed by atoms with van der Waals surface area (Å²) in [5, 5.41) is 1.10. The highest BCUT2D eigenvalue weighted by Gasteiger charge is 2.05. The fraction of sp³-hybridized carbons (Fsp3) is 0.0625. The van der Waals surface area contributed by atoms with Crippen molar-refractivity contribution in [3.8, 4) is 11.1 Å². The molecule has 0 unspecified atom stereocenters. The van der Waals surface area contributed by atoms with Crippen molar-refractivity contribution >= 4 is 10.9 Å². The summed E-state index contributed by atoms with van der Waals surface area (Å²) in [6.07, 6.45) is 0. The maximum atomic E-state index is 12.9. The first kappa shape index (κ1) is 10.9. The summed E-state index contributed by atoms with van der Waals surface area (Å²) in [4.78, 5) is 4.58. The van der Waals surface area contributed by atoms with Gasteiger partial charge in [-0.15, -0.1) is 0 Å². The van der Waals surface area contributed by atoms with Gasteiger partial charge in [-0.05, 0) is 36.8 Å². The molecule has 0 aliphatic carbocycles. The van der Waals surface area contributed by atoms with E-state index in [4.69, 9.17) is 0 Å². The molecule has 0 aliphatic rings. The lowest BCUT2D eigenvalue weighted by atomic mass is 10.0. The minimum absolute atomic E-state index is 0.217. The Hall–Kier alpha value is -2.22. The fourth-order valence-electron chi connectivity index (χ4n) is 2.13. The predicted octanol–water partition coefficient (Wildman–Crippen LogP) is 4.35. The molecule has 0 saturated carbocycles. The van der Waals surface area contributed by atoms with Gasteiger partial charge in [-0.25, -0.2) is 4.39 Å². The van der Waals surface area contributed by atoms with Crippen LogP contribution in [-0.4, -0.2) is 4.98 Å². The molecule has 0 amide bonds. The van der Waals surface area contributed by atoms with Crippen LogP contribution in [0.25, 0.3) is 22.0 Å². The summed E-state index contributed by atoms with van der Waals surface area (Å²) in [7, 11) is 0. The van der Waals surface area contributed by atoms with E-state index in [1.165, 1.54) is 12.1 Å². The number of hydrogen-bond donors (Lipinski definition) is 0. The predicted molar refractivity (Wildman–Crippen MR) is 71.9 cm³/mol. The second-order valence-corrected chi connectivity index (χ2v) is 4.32. The molecule has 1 nitrogen and oxygen atoms in total. The minimum Gasteiger partial charge on any atom is -0.252 e. The number of benzene rings is 2. The van der Waals surface area contributed by atoms with E-state index in [1.54, 1.807) is 12.1 Å². The molecule has 0 N–H and O–H groups in total. The highest BCUT2D eigenvalue weighted by atomic mass is 19.1. The molecule has 1 aromatic heterocycles. The Labute approximate surface area is 105 Å². The van der Waals surface area contributed by atoms with Crippen LogP contribution in [0.15, 0.2) is 54.6 Å². The molecule has 0 spiro atoms. The Kier molecular flexibility index (Phi) is 2.56. The maximum Gasteiger partial charge on any atom is 0.123 e. The van der Waals surface area contributed by atoms with Crippen molar-refractivity contribution in [2.24, 2.45) is 0 Å². The van der Waals surface area contributed by atoms with Crippen molar-refractivity contribution in [1.82, 2.24) is 4.98 Å². The van der Waals surface area contributed by atoms with Gasteiger partial charge >= 0.3 is 0 Å². The molecule has 0 saturated heterocycles. The van der Waals surface area contributed by atoms with Gasteiger partial charge in [0.2, 0.25) is 0 Å². The highest BCUT2D eigenvalue weighted by Crippen LogP contribution is 2.26. The first-order chi connectivity index (χ1) is 8.74. The van der Waals surface area contributed by atoms with E-state index < -0.39 is 0 Å². The molecule has 0 atom stereocenters. The van der Waals surface area contributed by atoms with Crippen molar-refractivity contribution in [2.45, 2.75) is 6.92 Å². The summed E-state index contributed by atoms with van der Waals surface area (Å²) < 4.78 is 12.9. The van der Waals surface area contributed by atoms with E-state index in [2.05, 4.69) is 11.1 Å². The van der Waals surface area contributed by atoms with Crippen LogP contribution in [0.3, 0.4) is 0 Å². The van der Waals surface area contributed by atoms with Crippen molar-refractivity contribution in [3.05, 3.63) is 66.1 Å². The molecular weight excluding hydrogens is 225 g/mol. The molecule has 2 heteroatoms. The van der Waals surface area contributed by atoms with Crippen LogP contribution in [0.4, 0.5) is 4.39 Å². The molecule has 3 rings (SSSR count). The lowest BCUT2D eigenvalue weighted by Gasteiger charge is -2.07. The van der Waals surface area contributed by atoms with Gasteiger partial charge in [-0.2, -0.15) is 0 Å². The zero-order valence-electron chi connectivity index (χ0n) is 10.0. The van der Waals surface area contributed by atoms with Gasteiger partial charge in [-0.1, -0.05) is 30.3 Å². The molecule has 0 bridgehead atoms. The van der Waals surface area contributed by atoms with Crippen molar-refractivity contribution < 1.29 is 4.39 Å². The fourth-order valence-corrected chi connectivity index (χ4v) is 2.13. The zero-order chi connectivity index (χ0) is 12.5. The number of aryl methyl sites for hydroxylation is 1. The number of rotatable bonds is 1. The number of para-hydroxylation sites is 1. The standard InChI is InChI=1S/C16H12FN/c1-11-15(12-6-8-14(17)9-7-12)10-13-4-2-3-5-16(13)18-11/h2-10H,1H3. The van der Waals surface area contributed by atoms with Gasteiger partial charge in [0.15, 0.2) is 0 Å². The summed E-state index contributed by atoms with van der Waals surface area (Å²) in [6.45, 7) is 1.98. The number of nitrogens with zero attached hydrogens (tertiary/aromatic N) is 1. The average molecular weight is 237 g/mol. The summed E-state index contributed by atoms with van der Waals surface area (Å²) in [5.41, 5.74) is 3.99.